The first-order chi connectivity index (χ1) is 9.19. The standard InChI is InChI=1S/C16H15FN2/c1-12-2-7-16(14(10-12)11-18)19-9-8-13-3-5-15(17)6-4-13/h2-7,10,19H,8-9H2,1H3. The highest BCUT2D eigenvalue weighted by Gasteiger charge is 2.01. The van der Waals surface area contributed by atoms with Crippen LogP contribution in [0.15, 0.2) is 42.5 Å². The van der Waals surface area contributed by atoms with E-state index in [0.29, 0.717) is 12.1 Å². The fourth-order valence-corrected chi connectivity index (χ4v) is 1.90. The van der Waals surface area contributed by atoms with E-state index in [1.54, 1.807) is 12.1 Å². The third-order valence-corrected chi connectivity index (χ3v) is 2.94. The molecule has 0 aliphatic carbocycles. The second-order valence-corrected chi connectivity index (χ2v) is 4.46. The van der Waals surface area contributed by atoms with Crippen LogP contribution in [0, 0.1) is 24.1 Å². The van der Waals surface area contributed by atoms with Crippen molar-refractivity contribution < 1.29 is 4.39 Å². The molecule has 0 radical (unpaired) electrons. The Hall–Kier alpha value is -2.34. The number of nitrogens with one attached hydrogen (secondary N) is 1. The number of aryl methyl sites for hydroxylation is 1. The molecule has 0 aliphatic heterocycles. The van der Waals surface area contributed by atoms with Crippen molar-refractivity contribution in [1.82, 2.24) is 0 Å². The Labute approximate surface area is 112 Å². The van der Waals surface area contributed by atoms with Gasteiger partial charge in [0.15, 0.2) is 0 Å². The van der Waals surface area contributed by atoms with Crippen molar-refractivity contribution in [3.05, 3.63) is 65.0 Å². The number of rotatable bonds is 4. The van der Waals surface area contributed by atoms with Gasteiger partial charge in [-0.15, -0.1) is 0 Å². The Morgan fingerprint density at radius 2 is 1.89 bits per heavy atom. The maximum Gasteiger partial charge on any atom is 0.123 e. The van der Waals surface area contributed by atoms with Gasteiger partial charge in [-0.2, -0.15) is 5.26 Å². The molecule has 3 heteroatoms. The van der Waals surface area contributed by atoms with E-state index in [2.05, 4.69) is 11.4 Å². The van der Waals surface area contributed by atoms with Gasteiger partial charge in [0.25, 0.3) is 0 Å². The zero-order valence-electron chi connectivity index (χ0n) is 10.8. The predicted octanol–water partition coefficient (Wildman–Crippen LogP) is 3.66. The molecule has 0 aromatic heterocycles. The lowest BCUT2D eigenvalue weighted by Gasteiger charge is -2.09. The van der Waals surface area contributed by atoms with E-state index >= 15 is 0 Å². The molecule has 0 saturated heterocycles. The van der Waals surface area contributed by atoms with E-state index in [0.717, 1.165) is 23.2 Å². The van der Waals surface area contributed by atoms with E-state index in [4.69, 9.17) is 5.26 Å². The first-order valence-corrected chi connectivity index (χ1v) is 6.18. The second-order valence-electron chi connectivity index (χ2n) is 4.46. The lowest BCUT2D eigenvalue weighted by Crippen LogP contribution is -2.06. The number of anilines is 1. The quantitative estimate of drug-likeness (QED) is 0.903. The maximum atomic E-state index is 12.8. The molecule has 0 atom stereocenters. The third kappa shape index (κ3) is 3.56. The minimum absolute atomic E-state index is 0.220. The summed E-state index contributed by atoms with van der Waals surface area (Å²) in [6.07, 6.45) is 0.791. The van der Waals surface area contributed by atoms with Crippen LogP contribution in [0.5, 0.6) is 0 Å². The van der Waals surface area contributed by atoms with Crippen molar-refractivity contribution >= 4 is 5.69 Å². The summed E-state index contributed by atoms with van der Waals surface area (Å²) in [5, 5.41) is 12.3. The number of hydrogen-bond acceptors (Lipinski definition) is 2. The van der Waals surface area contributed by atoms with Gasteiger partial charge in [-0.3, -0.25) is 0 Å². The van der Waals surface area contributed by atoms with Gasteiger partial charge in [-0.25, -0.2) is 4.39 Å². The van der Waals surface area contributed by atoms with E-state index in [1.807, 2.05) is 25.1 Å². The normalized spacial score (nSPS) is 9.95. The number of nitriles is 1. The summed E-state index contributed by atoms with van der Waals surface area (Å²) in [5.74, 6) is -0.220. The summed E-state index contributed by atoms with van der Waals surface area (Å²) < 4.78 is 12.8. The summed E-state index contributed by atoms with van der Waals surface area (Å²) in [6.45, 7) is 2.67. The number of halogens is 1. The fraction of sp³-hybridized carbons (Fsp3) is 0.188. The second kappa shape index (κ2) is 6.01. The topological polar surface area (TPSA) is 35.8 Å². The van der Waals surface area contributed by atoms with Crippen LogP contribution in [0.1, 0.15) is 16.7 Å². The molecule has 0 aliphatic rings. The smallest absolute Gasteiger partial charge is 0.123 e. The number of benzene rings is 2. The van der Waals surface area contributed by atoms with Crippen molar-refractivity contribution in [3.8, 4) is 6.07 Å². The molecule has 0 fully saturated rings. The Balaban J connectivity index is 1.96. The first kappa shape index (κ1) is 13.1. The van der Waals surface area contributed by atoms with Crippen molar-refractivity contribution in [1.29, 1.82) is 5.26 Å². The monoisotopic (exact) mass is 254 g/mol. The average molecular weight is 254 g/mol. The molecule has 2 aromatic carbocycles. The highest BCUT2D eigenvalue weighted by atomic mass is 19.1. The first-order valence-electron chi connectivity index (χ1n) is 6.18. The van der Waals surface area contributed by atoms with Crippen LogP contribution in [0.25, 0.3) is 0 Å². The van der Waals surface area contributed by atoms with E-state index in [1.165, 1.54) is 12.1 Å². The highest BCUT2D eigenvalue weighted by molar-refractivity contribution is 5.58. The van der Waals surface area contributed by atoms with Crippen LogP contribution in [-0.2, 0) is 6.42 Å². The van der Waals surface area contributed by atoms with Gasteiger partial charge >= 0.3 is 0 Å². The fourth-order valence-electron chi connectivity index (χ4n) is 1.90. The van der Waals surface area contributed by atoms with Crippen LogP contribution in [0.2, 0.25) is 0 Å². The Morgan fingerprint density at radius 3 is 2.58 bits per heavy atom. The summed E-state index contributed by atoms with van der Waals surface area (Å²) in [6, 6.07) is 14.4. The molecule has 0 heterocycles. The van der Waals surface area contributed by atoms with Crippen LogP contribution in [0.3, 0.4) is 0 Å². The zero-order chi connectivity index (χ0) is 13.7. The predicted molar refractivity (Wildman–Crippen MR) is 74.5 cm³/mol. The van der Waals surface area contributed by atoms with Gasteiger partial charge in [0.1, 0.15) is 11.9 Å². The summed E-state index contributed by atoms with van der Waals surface area (Å²) in [4.78, 5) is 0. The van der Waals surface area contributed by atoms with Gasteiger partial charge in [-0.05, 0) is 48.7 Å². The largest absolute Gasteiger partial charge is 0.384 e. The zero-order valence-corrected chi connectivity index (χ0v) is 10.8. The van der Waals surface area contributed by atoms with Crippen LogP contribution < -0.4 is 5.32 Å². The molecule has 0 amide bonds. The molecule has 2 aromatic rings. The minimum Gasteiger partial charge on any atom is -0.384 e. The molecule has 2 nitrogen and oxygen atoms in total. The SMILES string of the molecule is Cc1ccc(NCCc2ccc(F)cc2)c(C#N)c1. The lowest BCUT2D eigenvalue weighted by atomic mass is 10.1. The molecular weight excluding hydrogens is 239 g/mol. The van der Waals surface area contributed by atoms with Crippen LogP contribution in [0.4, 0.5) is 10.1 Å². The minimum atomic E-state index is -0.220. The van der Waals surface area contributed by atoms with E-state index in [9.17, 15) is 4.39 Å². The summed E-state index contributed by atoms with van der Waals surface area (Å²) in [5.41, 5.74) is 3.63. The average Bonchev–Trinajstić information content (AvgIpc) is 2.42. The Morgan fingerprint density at radius 1 is 1.16 bits per heavy atom. The van der Waals surface area contributed by atoms with Crippen molar-refractivity contribution in [2.24, 2.45) is 0 Å². The third-order valence-electron chi connectivity index (χ3n) is 2.94. The number of nitrogens with zero attached hydrogens (tertiary/aromatic N) is 1. The Bertz CT molecular complexity index is 597. The van der Waals surface area contributed by atoms with Gasteiger partial charge in [0, 0.05) is 6.54 Å². The highest BCUT2D eigenvalue weighted by Crippen LogP contribution is 2.16. The van der Waals surface area contributed by atoms with Gasteiger partial charge < -0.3 is 5.32 Å². The molecule has 96 valence electrons. The molecule has 0 unspecified atom stereocenters. The molecule has 0 spiro atoms. The molecule has 1 N–H and O–H groups in total. The van der Waals surface area contributed by atoms with E-state index < -0.39 is 0 Å². The maximum absolute atomic E-state index is 12.8. The number of hydrogen-bond donors (Lipinski definition) is 1. The van der Waals surface area contributed by atoms with Crippen molar-refractivity contribution in [3.63, 3.8) is 0 Å². The molecule has 2 rings (SSSR count). The van der Waals surface area contributed by atoms with E-state index in [-0.39, 0.29) is 5.82 Å². The van der Waals surface area contributed by atoms with Crippen molar-refractivity contribution in [2.45, 2.75) is 13.3 Å². The summed E-state index contributed by atoms with van der Waals surface area (Å²) >= 11 is 0. The van der Waals surface area contributed by atoms with Crippen LogP contribution in [-0.4, -0.2) is 6.54 Å². The van der Waals surface area contributed by atoms with Crippen LogP contribution >= 0.6 is 0 Å². The lowest BCUT2D eigenvalue weighted by molar-refractivity contribution is 0.627. The molecular formula is C16H15FN2. The summed E-state index contributed by atoms with van der Waals surface area (Å²) in [7, 11) is 0. The van der Waals surface area contributed by atoms with Gasteiger partial charge in [-0.1, -0.05) is 18.2 Å². The van der Waals surface area contributed by atoms with Crippen molar-refractivity contribution in [2.75, 3.05) is 11.9 Å². The Kier molecular flexibility index (Phi) is 4.15. The van der Waals surface area contributed by atoms with Gasteiger partial charge in [0.05, 0.1) is 11.3 Å². The molecule has 19 heavy (non-hydrogen) atoms. The molecule has 0 saturated carbocycles. The van der Waals surface area contributed by atoms with Gasteiger partial charge in [0.2, 0.25) is 0 Å². The molecule has 0 bridgehead atoms.